The fourth-order valence-corrected chi connectivity index (χ4v) is 4.79. The zero-order valence-corrected chi connectivity index (χ0v) is 18.8. The molecule has 0 spiro atoms. The Labute approximate surface area is 182 Å². The topological polar surface area (TPSA) is 82.1 Å². The largest absolute Gasteiger partial charge is 0.368 e. The third-order valence-corrected chi connectivity index (χ3v) is 6.43. The minimum atomic E-state index is -3.90. The van der Waals surface area contributed by atoms with E-state index in [2.05, 4.69) is 14.6 Å². The minimum absolute atomic E-state index is 0.0948. The lowest BCUT2D eigenvalue weighted by Crippen LogP contribution is -2.28. The molecule has 160 valence electrons. The van der Waals surface area contributed by atoms with Gasteiger partial charge in [0.1, 0.15) is 6.34 Å². The number of benzene rings is 2. The zero-order chi connectivity index (χ0) is 21.9. The van der Waals surface area contributed by atoms with Gasteiger partial charge in [-0.3, -0.25) is 4.79 Å². The van der Waals surface area contributed by atoms with E-state index in [0.717, 1.165) is 17.7 Å². The number of amides is 1. The second kappa shape index (κ2) is 9.16. The van der Waals surface area contributed by atoms with Gasteiger partial charge in [0.2, 0.25) is 5.91 Å². The molecule has 0 saturated heterocycles. The first kappa shape index (κ1) is 22.3. The number of fused-ring (bicyclic) bond motifs is 1. The maximum atomic E-state index is 12.9. The van der Waals surface area contributed by atoms with Crippen LogP contribution in [0, 0.1) is 0 Å². The predicted molar refractivity (Wildman–Crippen MR) is 120 cm³/mol. The van der Waals surface area contributed by atoms with Crippen molar-refractivity contribution < 1.29 is 13.2 Å². The number of likely N-dealkylation sites (N-methyl/N-ethyl adjacent to an activating group) is 1. The molecule has 2 aromatic rings. The zero-order valence-electron chi connectivity index (χ0n) is 17.2. The number of hydrogen-bond donors (Lipinski definition) is 1. The summed E-state index contributed by atoms with van der Waals surface area (Å²) in [7, 11) is 1.48. The number of halogens is 1. The van der Waals surface area contributed by atoms with Gasteiger partial charge >= 0.3 is 0 Å². The molecule has 0 aliphatic carbocycles. The van der Waals surface area contributed by atoms with Gasteiger partial charge in [0, 0.05) is 37.9 Å². The first-order chi connectivity index (χ1) is 14.2. The average Bonchev–Trinajstić information content (AvgIpc) is 2.67. The fraction of sp³-hybridized carbons (Fsp3) is 0.333. The summed E-state index contributed by atoms with van der Waals surface area (Å²) in [6, 6.07) is 10.5. The van der Waals surface area contributed by atoms with Crippen molar-refractivity contribution in [1.82, 2.24) is 9.80 Å². The molecule has 3 rings (SSSR count). The van der Waals surface area contributed by atoms with Crippen molar-refractivity contribution in [1.29, 1.82) is 0 Å². The Bertz CT molecular complexity index is 1080. The Morgan fingerprint density at radius 1 is 1.30 bits per heavy atom. The molecule has 0 radical (unpaired) electrons. The molecule has 0 atom stereocenters. The average molecular weight is 449 g/mol. The van der Waals surface area contributed by atoms with E-state index in [-0.39, 0.29) is 17.2 Å². The molecule has 1 amide bonds. The van der Waals surface area contributed by atoms with E-state index in [1.165, 1.54) is 12.4 Å². The Hall–Kier alpha value is -2.42. The number of anilines is 1. The van der Waals surface area contributed by atoms with Gasteiger partial charge in [-0.1, -0.05) is 29.8 Å². The van der Waals surface area contributed by atoms with E-state index in [0.29, 0.717) is 29.2 Å². The van der Waals surface area contributed by atoms with Gasteiger partial charge in [0.05, 0.1) is 11.3 Å². The van der Waals surface area contributed by atoms with Gasteiger partial charge in [-0.05, 0) is 48.4 Å². The number of hydrogen-bond acceptors (Lipinski definition) is 4. The highest BCUT2D eigenvalue weighted by Gasteiger charge is 2.25. The van der Waals surface area contributed by atoms with Crippen LogP contribution in [0.5, 0.6) is 0 Å². The van der Waals surface area contributed by atoms with E-state index in [4.69, 9.17) is 11.6 Å². The summed E-state index contributed by atoms with van der Waals surface area (Å²) in [6.45, 7) is 1.36. The standard InChI is InChI=1S/C21H25ClN4O3S/c1-25(2)14-23-30(28,29)20-12-17(10-16-13-26(3)9-8-18(16)20)24-21(27)11-15-6-4-5-7-19(15)22/h4-7,10,12,14H,8-9,11,13H2,1-3H3,(H,24,27)/b23-14+. The monoisotopic (exact) mass is 448 g/mol. The molecule has 1 aliphatic heterocycles. The van der Waals surface area contributed by atoms with Crippen LogP contribution in [0.15, 0.2) is 45.7 Å². The molecule has 0 fully saturated rings. The lowest BCUT2D eigenvalue weighted by molar-refractivity contribution is -0.115. The molecule has 7 nitrogen and oxygen atoms in total. The first-order valence-electron chi connectivity index (χ1n) is 9.50. The fourth-order valence-electron chi connectivity index (χ4n) is 3.34. The second-order valence-electron chi connectivity index (χ2n) is 7.58. The minimum Gasteiger partial charge on any atom is -0.368 e. The lowest BCUT2D eigenvalue weighted by atomic mass is 9.99. The van der Waals surface area contributed by atoms with E-state index in [1.807, 2.05) is 19.2 Å². The molecule has 1 aliphatic rings. The van der Waals surface area contributed by atoms with Gasteiger partial charge in [0.25, 0.3) is 10.0 Å². The van der Waals surface area contributed by atoms with Crippen molar-refractivity contribution in [3.8, 4) is 0 Å². The predicted octanol–water partition coefficient (Wildman–Crippen LogP) is 2.79. The summed E-state index contributed by atoms with van der Waals surface area (Å²) < 4.78 is 29.6. The van der Waals surface area contributed by atoms with E-state index in [9.17, 15) is 13.2 Å². The third-order valence-electron chi connectivity index (χ3n) is 4.77. The summed E-state index contributed by atoms with van der Waals surface area (Å²) in [5.74, 6) is -0.271. The Kier molecular flexibility index (Phi) is 6.80. The molecule has 30 heavy (non-hydrogen) atoms. The van der Waals surface area contributed by atoms with Gasteiger partial charge < -0.3 is 15.1 Å². The lowest BCUT2D eigenvalue weighted by Gasteiger charge is -2.27. The molecule has 0 saturated carbocycles. The molecule has 0 bridgehead atoms. The molecule has 2 aromatic carbocycles. The normalized spacial score (nSPS) is 14.5. The van der Waals surface area contributed by atoms with Crippen LogP contribution in [0.4, 0.5) is 5.69 Å². The van der Waals surface area contributed by atoms with Crippen molar-refractivity contribution in [2.24, 2.45) is 4.40 Å². The van der Waals surface area contributed by atoms with Crippen molar-refractivity contribution in [3.05, 3.63) is 58.1 Å². The molecule has 1 heterocycles. The summed E-state index contributed by atoms with van der Waals surface area (Å²) in [6.07, 6.45) is 1.96. The molecule has 9 heteroatoms. The number of carbonyl (C=O) groups is 1. The van der Waals surface area contributed by atoms with Crippen LogP contribution < -0.4 is 5.32 Å². The smallest absolute Gasteiger partial charge is 0.284 e. The van der Waals surface area contributed by atoms with Crippen molar-refractivity contribution in [2.45, 2.75) is 24.3 Å². The number of sulfonamides is 1. The number of nitrogens with zero attached hydrogens (tertiary/aromatic N) is 3. The Morgan fingerprint density at radius 3 is 2.73 bits per heavy atom. The van der Waals surface area contributed by atoms with Gasteiger partial charge in [-0.2, -0.15) is 8.42 Å². The molecule has 1 N–H and O–H groups in total. The Balaban J connectivity index is 1.94. The third kappa shape index (κ3) is 5.38. The van der Waals surface area contributed by atoms with E-state index >= 15 is 0 Å². The maximum Gasteiger partial charge on any atom is 0.284 e. The highest BCUT2D eigenvalue weighted by Crippen LogP contribution is 2.30. The molecule has 0 unspecified atom stereocenters. The highest BCUT2D eigenvalue weighted by molar-refractivity contribution is 7.90. The van der Waals surface area contributed by atoms with Crippen LogP contribution in [-0.2, 0) is 34.2 Å². The van der Waals surface area contributed by atoms with Crippen molar-refractivity contribution >= 4 is 39.6 Å². The van der Waals surface area contributed by atoms with Crippen molar-refractivity contribution in [2.75, 3.05) is 33.0 Å². The van der Waals surface area contributed by atoms with Gasteiger partial charge in [-0.25, -0.2) is 0 Å². The van der Waals surface area contributed by atoms with Crippen LogP contribution in [0.2, 0.25) is 5.02 Å². The summed E-state index contributed by atoms with van der Waals surface area (Å²) in [5.41, 5.74) is 2.77. The summed E-state index contributed by atoms with van der Waals surface area (Å²) >= 11 is 6.14. The summed E-state index contributed by atoms with van der Waals surface area (Å²) in [4.78, 5) is 16.4. The van der Waals surface area contributed by atoms with Gasteiger partial charge in [-0.15, -0.1) is 4.40 Å². The highest BCUT2D eigenvalue weighted by atomic mass is 35.5. The number of carbonyl (C=O) groups excluding carboxylic acids is 1. The SMILES string of the molecule is CN(C)/C=N/S(=O)(=O)c1cc(NC(=O)Cc2ccccc2Cl)cc2c1CCN(C)C2. The van der Waals surface area contributed by atoms with Crippen LogP contribution >= 0.6 is 11.6 Å². The van der Waals surface area contributed by atoms with Crippen molar-refractivity contribution in [3.63, 3.8) is 0 Å². The maximum absolute atomic E-state index is 12.9. The quantitative estimate of drug-likeness (QED) is 0.542. The van der Waals surface area contributed by atoms with E-state index < -0.39 is 10.0 Å². The number of rotatable bonds is 6. The molecular weight excluding hydrogens is 424 g/mol. The first-order valence-corrected chi connectivity index (χ1v) is 11.3. The molecular formula is C21H25ClN4O3S. The van der Waals surface area contributed by atoms with Gasteiger partial charge in [0.15, 0.2) is 0 Å². The number of nitrogens with one attached hydrogen (secondary N) is 1. The van der Waals surface area contributed by atoms with Crippen LogP contribution in [0.1, 0.15) is 16.7 Å². The van der Waals surface area contributed by atoms with E-state index in [1.54, 1.807) is 37.2 Å². The van der Waals surface area contributed by atoms with Crippen LogP contribution in [0.3, 0.4) is 0 Å². The summed E-state index contributed by atoms with van der Waals surface area (Å²) in [5, 5.41) is 3.33. The second-order valence-corrected chi connectivity index (χ2v) is 9.58. The van der Waals surface area contributed by atoms with Crippen LogP contribution in [0.25, 0.3) is 0 Å². The van der Waals surface area contributed by atoms with Crippen LogP contribution in [-0.4, -0.2) is 58.2 Å². The Morgan fingerprint density at radius 2 is 2.03 bits per heavy atom. The molecule has 0 aromatic heterocycles.